The van der Waals surface area contributed by atoms with Gasteiger partial charge in [0.15, 0.2) is 0 Å². The van der Waals surface area contributed by atoms with Crippen LogP contribution in [0.4, 0.5) is 0 Å². The molecule has 0 aliphatic rings. The minimum absolute atomic E-state index is 0.338. The molecule has 0 radical (unpaired) electrons. The Morgan fingerprint density at radius 2 is 1.96 bits per heavy atom. The molecule has 0 saturated heterocycles. The number of nitrogens with one attached hydrogen (secondary N) is 2. The van der Waals surface area contributed by atoms with Crippen LogP contribution in [0.25, 0.3) is 17.3 Å². The smallest absolute Gasteiger partial charge is 0.289 e. The maximum atomic E-state index is 12.2. The van der Waals surface area contributed by atoms with Gasteiger partial charge < -0.3 is 4.74 Å². The van der Waals surface area contributed by atoms with Crippen LogP contribution in [0, 0.1) is 0 Å². The quantitative estimate of drug-likeness (QED) is 0.456. The fourth-order valence-corrected chi connectivity index (χ4v) is 2.45. The van der Waals surface area contributed by atoms with Crippen molar-refractivity contribution in [3.63, 3.8) is 0 Å². The summed E-state index contributed by atoms with van der Waals surface area (Å²) in [5, 5.41) is 10.8. The molecule has 2 N–H and O–H groups in total. The van der Waals surface area contributed by atoms with Crippen LogP contribution in [0.5, 0.6) is 5.75 Å². The topological polar surface area (TPSA) is 79.4 Å². The van der Waals surface area contributed by atoms with Crippen molar-refractivity contribution in [3.8, 4) is 17.0 Å². The summed E-state index contributed by atoms with van der Waals surface area (Å²) in [6.07, 6.45) is 6.15. The molecule has 142 valence electrons. The molecule has 0 unspecified atom stereocenters. The average molecular weight is 374 g/mol. The van der Waals surface area contributed by atoms with Gasteiger partial charge in [-0.15, -0.1) is 0 Å². The van der Waals surface area contributed by atoms with Crippen molar-refractivity contribution in [2.24, 2.45) is 5.10 Å². The lowest BCUT2D eigenvalue weighted by Gasteiger charge is -2.04. The number of carbonyl (C=O) groups excluding carboxylic acids is 1. The van der Waals surface area contributed by atoms with E-state index < -0.39 is 0 Å². The van der Waals surface area contributed by atoms with Crippen molar-refractivity contribution in [1.82, 2.24) is 15.6 Å². The van der Waals surface area contributed by atoms with E-state index in [4.69, 9.17) is 4.74 Å². The van der Waals surface area contributed by atoms with Crippen molar-refractivity contribution < 1.29 is 9.53 Å². The summed E-state index contributed by atoms with van der Waals surface area (Å²) < 4.78 is 5.57. The number of ether oxygens (including phenoxy) is 1. The van der Waals surface area contributed by atoms with Crippen LogP contribution in [0.15, 0.2) is 71.8 Å². The minimum atomic E-state index is -0.356. The summed E-state index contributed by atoms with van der Waals surface area (Å²) in [4.78, 5) is 12.2. The van der Waals surface area contributed by atoms with Crippen LogP contribution < -0.4 is 10.2 Å². The molecular formula is C22H22N4O2. The molecule has 3 rings (SSSR count). The van der Waals surface area contributed by atoms with Crippen molar-refractivity contribution in [1.29, 1.82) is 0 Å². The van der Waals surface area contributed by atoms with Gasteiger partial charge in [0.1, 0.15) is 11.4 Å². The number of allylic oxidation sites excluding steroid dienone is 1. The first-order valence-electron chi connectivity index (χ1n) is 9.10. The molecule has 6 heteroatoms. The molecule has 0 saturated carbocycles. The van der Waals surface area contributed by atoms with Gasteiger partial charge in [0.05, 0.1) is 12.3 Å². The van der Waals surface area contributed by atoms with E-state index in [1.165, 1.54) is 6.21 Å². The van der Waals surface area contributed by atoms with Crippen LogP contribution in [0.2, 0.25) is 0 Å². The number of aromatic nitrogens is 2. The molecule has 2 aromatic carbocycles. The molecule has 0 fully saturated rings. The standard InChI is InChI=1S/C22H22N4O2/c1-2-15-28-19-12-10-18(11-13-19)20-16-21(25-24-20)22(27)26-23-14-6-9-17-7-4-3-5-8-17/h3-14,16H,2,15H2,1H3,(H,24,25)(H,26,27). The summed E-state index contributed by atoms with van der Waals surface area (Å²) in [5.74, 6) is 0.461. The van der Waals surface area contributed by atoms with Crippen LogP contribution in [0.3, 0.4) is 0 Å². The Balaban J connectivity index is 1.55. The number of nitrogens with zero attached hydrogens (tertiary/aromatic N) is 2. The summed E-state index contributed by atoms with van der Waals surface area (Å²) in [5.41, 5.74) is 5.45. The zero-order valence-corrected chi connectivity index (χ0v) is 15.6. The van der Waals surface area contributed by atoms with Gasteiger partial charge in [0, 0.05) is 11.8 Å². The van der Waals surface area contributed by atoms with Crippen LogP contribution in [-0.4, -0.2) is 28.9 Å². The summed E-state index contributed by atoms with van der Waals surface area (Å²) in [6.45, 7) is 2.75. The predicted octanol–water partition coefficient (Wildman–Crippen LogP) is 4.29. The largest absolute Gasteiger partial charge is 0.494 e. The van der Waals surface area contributed by atoms with Gasteiger partial charge in [-0.2, -0.15) is 10.2 Å². The van der Waals surface area contributed by atoms with Gasteiger partial charge in [-0.1, -0.05) is 43.3 Å². The third kappa shape index (κ3) is 5.41. The molecule has 1 amide bonds. The molecule has 3 aromatic rings. The fourth-order valence-electron chi connectivity index (χ4n) is 2.45. The highest BCUT2D eigenvalue weighted by molar-refractivity contribution is 5.94. The molecule has 1 aromatic heterocycles. The second-order valence-electron chi connectivity index (χ2n) is 6.03. The third-order valence-electron chi connectivity index (χ3n) is 3.86. The highest BCUT2D eigenvalue weighted by Gasteiger charge is 2.10. The zero-order valence-electron chi connectivity index (χ0n) is 15.6. The van der Waals surface area contributed by atoms with E-state index in [1.807, 2.05) is 60.7 Å². The average Bonchev–Trinajstić information content (AvgIpc) is 3.23. The van der Waals surface area contributed by atoms with E-state index in [0.29, 0.717) is 18.0 Å². The van der Waals surface area contributed by atoms with Crippen molar-refractivity contribution in [2.75, 3.05) is 6.61 Å². The Bertz CT molecular complexity index is 944. The van der Waals surface area contributed by atoms with Gasteiger partial charge in [-0.05, 0) is 48.4 Å². The number of amides is 1. The second-order valence-corrected chi connectivity index (χ2v) is 6.03. The van der Waals surface area contributed by atoms with Crippen LogP contribution in [0.1, 0.15) is 29.4 Å². The molecule has 0 bridgehead atoms. The second kappa shape index (κ2) is 9.87. The van der Waals surface area contributed by atoms with Crippen molar-refractivity contribution in [2.45, 2.75) is 13.3 Å². The number of aromatic amines is 1. The maximum Gasteiger partial charge on any atom is 0.289 e. The van der Waals surface area contributed by atoms with E-state index >= 15 is 0 Å². The first-order valence-corrected chi connectivity index (χ1v) is 9.10. The van der Waals surface area contributed by atoms with E-state index in [1.54, 1.807) is 12.1 Å². The SMILES string of the molecule is CCCOc1ccc(-c2cc(C(=O)NN=CC=Cc3ccccc3)[nH]n2)cc1. The Kier molecular flexibility index (Phi) is 6.73. The monoisotopic (exact) mass is 374 g/mol. The van der Waals surface area contributed by atoms with Crippen LogP contribution >= 0.6 is 0 Å². The Labute approximate surface area is 163 Å². The summed E-state index contributed by atoms with van der Waals surface area (Å²) in [7, 11) is 0. The van der Waals surface area contributed by atoms with E-state index in [0.717, 1.165) is 23.3 Å². The lowest BCUT2D eigenvalue weighted by molar-refractivity contribution is 0.0950. The van der Waals surface area contributed by atoms with Crippen molar-refractivity contribution in [3.05, 3.63) is 78.0 Å². The van der Waals surface area contributed by atoms with Gasteiger partial charge >= 0.3 is 0 Å². The van der Waals surface area contributed by atoms with Gasteiger partial charge in [0.2, 0.25) is 0 Å². The number of H-pyrrole nitrogens is 1. The highest BCUT2D eigenvalue weighted by atomic mass is 16.5. The summed E-state index contributed by atoms with van der Waals surface area (Å²) in [6, 6.07) is 19.1. The highest BCUT2D eigenvalue weighted by Crippen LogP contribution is 2.21. The number of carbonyl (C=O) groups is 1. The molecule has 0 aliphatic carbocycles. The third-order valence-corrected chi connectivity index (χ3v) is 3.86. The maximum absolute atomic E-state index is 12.2. The number of rotatable bonds is 8. The predicted molar refractivity (Wildman–Crippen MR) is 111 cm³/mol. The lowest BCUT2D eigenvalue weighted by atomic mass is 10.1. The minimum Gasteiger partial charge on any atom is -0.494 e. The van der Waals surface area contributed by atoms with Crippen LogP contribution in [-0.2, 0) is 0 Å². The normalized spacial score (nSPS) is 11.2. The molecule has 1 heterocycles. The van der Waals surface area contributed by atoms with Gasteiger partial charge in [-0.3, -0.25) is 9.89 Å². The Morgan fingerprint density at radius 3 is 2.71 bits per heavy atom. The molecule has 0 atom stereocenters. The molecule has 0 aliphatic heterocycles. The number of hydrogen-bond donors (Lipinski definition) is 2. The number of hydrogen-bond acceptors (Lipinski definition) is 4. The molecule has 28 heavy (non-hydrogen) atoms. The molecular weight excluding hydrogens is 352 g/mol. The first kappa shape index (κ1) is 19.1. The number of benzene rings is 2. The van der Waals surface area contributed by atoms with Gasteiger partial charge in [0.25, 0.3) is 5.91 Å². The van der Waals surface area contributed by atoms with Crippen molar-refractivity contribution >= 4 is 18.2 Å². The zero-order chi connectivity index (χ0) is 19.6. The van der Waals surface area contributed by atoms with Gasteiger partial charge in [-0.25, -0.2) is 5.43 Å². The Hall–Kier alpha value is -3.67. The summed E-state index contributed by atoms with van der Waals surface area (Å²) >= 11 is 0. The Morgan fingerprint density at radius 1 is 1.18 bits per heavy atom. The van der Waals surface area contributed by atoms with E-state index in [9.17, 15) is 4.79 Å². The molecule has 0 spiro atoms. The first-order chi connectivity index (χ1) is 13.8. The van der Waals surface area contributed by atoms with E-state index in [-0.39, 0.29) is 5.91 Å². The van der Waals surface area contributed by atoms with E-state index in [2.05, 4.69) is 27.6 Å². The molecule has 6 nitrogen and oxygen atoms in total. The number of hydrazone groups is 1. The lowest BCUT2D eigenvalue weighted by Crippen LogP contribution is -2.17. The fraction of sp³-hybridized carbons (Fsp3) is 0.136.